The van der Waals surface area contributed by atoms with Crippen molar-refractivity contribution in [3.63, 3.8) is 0 Å². The van der Waals surface area contributed by atoms with Crippen molar-refractivity contribution in [2.45, 2.75) is 45.8 Å². The molecule has 0 amide bonds. The van der Waals surface area contributed by atoms with Gasteiger partial charge in [0.1, 0.15) is 6.10 Å². The molecule has 1 fully saturated rings. The van der Waals surface area contributed by atoms with Crippen LogP contribution in [0.1, 0.15) is 34.1 Å². The zero-order chi connectivity index (χ0) is 20.6. The summed E-state index contributed by atoms with van der Waals surface area (Å²) in [6.45, 7) is 12.2. The number of methoxy groups -OCH3 is 3. The predicted molar refractivity (Wildman–Crippen MR) is 107 cm³/mol. The highest BCUT2D eigenvalue weighted by Crippen LogP contribution is 2.43. The summed E-state index contributed by atoms with van der Waals surface area (Å²) in [6, 6.07) is 0. The van der Waals surface area contributed by atoms with E-state index in [1.807, 2.05) is 25.2 Å². The first kappa shape index (κ1) is 22.8. The summed E-state index contributed by atoms with van der Waals surface area (Å²) in [4.78, 5) is 11.4. The zero-order valence-electron chi connectivity index (χ0n) is 17.5. The molecule has 27 heavy (non-hydrogen) atoms. The Morgan fingerprint density at radius 2 is 1.70 bits per heavy atom. The third-order valence-electron chi connectivity index (χ3n) is 4.74. The molecule has 1 unspecified atom stereocenters. The summed E-state index contributed by atoms with van der Waals surface area (Å²) in [5.41, 5.74) is 2.13. The van der Waals surface area contributed by atoms with Gasteiger partial charge in [-0.05, 0) is 44.8 Å². The average Bonchev–Trinajstić information content (AvgIpc) is 3.31. The largest absolute Gasteiger partial charge is 0.493 e. The molecule has 3 atom stereocenters. The van der Waals surface area contributed by atoms with Crippen molar-refractivity contribution >= 4 is 5.97 Å². The van der Waals surface area contributed by atoms with Crippen LogP contribution in [0.3, 0.4) is 0 Å². The Labute approximate surface area is 163 Å². The Morgan fingerprint density at radius 1 is 1.11 bits per heavy atom. The van der Waals surface area contributed by atoms with E-state index in [0.717, 1.165) is 12.0 Å². The Bertz CT molecular complexity index is 668. The minimum absolute atomic E-state index is 0.0931. The summed E-state index contributed by atoms with van der Waals surface area (Å²) in [5.74, 6) is 0.641. The SMILES string of the molecule is C=C[C@@H]1O[C@]1(C)CC(C)/C(C)=C/C=C(C)/C=C(OC)\C(=C/C(=O)OC)OC. The number of rotatable bonds is 10. The molecule has 0 aromatic heterocycles. The van der Waals surface area contributed by atoms with Crippen LogP contribution in [0.4, 0.5) is 0 Å². The first-order valence-electron chi connectivity index (χ1n) is 8.95. The fourth-order valence-electron chi connectivity index (χ4n) is 2.80. The first-order chi connectivity index (χ1) is 12.7. The van der Waals surface area contributed by atoms with Gasteiger partial charge in [0.15, 0.2) is 11.5 Å². The van der Waals surface area contributed by atoms with Gasteiger partial charge in [-0.2, -0.15) is 0 Å². The summed E-state index contributed by atoms with van der Waals surface area (Å²) >= 11 is 0. The molecule has 1 aliphatic rings. The molecule has 0 saturated carbocycles. The van der Waals surface area contributed by atoms with Crippen LogP contribution < -0.4 is 0 Å². The molecule has 0 bridgehead atoms. The molecule has 1 saturated heterocycles. The van der Waals surface area contributed by atoms with E-state index < -0.39 is 5.97 Å². The summed E-state index contributed by atoms with van der Waals surface area (Å²) in [7, 11) is 4.31. The van der Waals surface area contributed by atoms with Crippen LogP contribution in [0.25, 0.3) is 0 Å². The van der Waals surface area contributed by atoms with Crippen LogP contribution in [-0.4, -0.2) is 39.0 Å². The van der Waals surface area contributed by atoms with E-state index in [4.69, 9.17) is 14.2 Å². The Hall–Kier alpha value is -2.27. The lowest BCUT2D eigenvalue weighted by atomic mass is 9.89. The van der Waals surface area contributed by atoms with E-state index >= 15 is 0 Å². The van der Waals surface area contributed by atoms with Gasteiger partial charge in [0.25, 0.3) is 0 Å². The molecule has 150 valence electrons. The van der Waals surface area contributed by atoms with E-state index in [1.54, 1.807) is 0 Å². The van der Waals surface area contributed by atoms with Crippen molar-refractivity contribution in [3.05, 3.63) is 59.6 Å². The van der Waals surface area contributed by atoms with Crippen molar-refractivity contribution in [1.29, 1.82) is 0 Å². The molecular weight excluding hydrogens is 344 g/mol. The number of hydrogen-bond donors (Lipinski definition) is 0. The molecule has 0 aromatic rings. The molecule has 1 rings (SSSR count). The second-order valence-electron chi connectivity index (χ2n) is 6.96. The molecule has 1 aliphatic heterocycles. The van der Waals surface area contributed by atoms with Crippen molar-refractivity contribution in [1.82, 2.24) is 0 Å². The van der Waals surface area contributed by atoms with Gasteiger partial charge in [-0.3, -0.25) is 0 Å². The standard InChI is InChI=1S/C22H32O5/c1-9-20-22(5,27-20)14-17(4)16(3)11-10-15(2)12-18(24-6)19(25-7)13-21(23)26-8/h9-13,17,20H,1,14H2,2-8H3/b15-10+,16-11+,18-12+,19-13+/t17?,20-,22+/m0/s1. The van der Waals surface area contributed by atoms with Gasteiger partial charge < -0.3 is 18.9 Å². The summed E-state index contributed by atoms with van der Waals surface area (Å²) in [6.07, 6.45) is 10.1. The van der Waals surface area contributed by atoms with Crippen LogP contribution in [0.5, 0.6) is 0 Å². The molecular formula is C22H32O5. The van der Waals surface area contributed by atoms with Crippen molar-refractivity contribution in [3.8, 4) is 0 Å². The maximum atomic E-state index is 11.4. The quantitative estimate of drug-likeness (QED) is 0.140. The number of allylic oxidation sites excluding steroid dienone is 5. The third kappa shape index (κ3) is 6.75. The minimum Gasteiger partial charge on any atom is -0.493 e. The van der Waals surface area contributed by atoms with Gasteiger partial charge in [0, 0.05) is 0 Å². The van der Waals surface area contributed by atoms with Crippen molar-refractivity contribution in [2.75, 3.05) is 21.3 Å². The fraction of sp³-hybridized carbons (Fsp3) is 0.500. The first-order valence-corrected chi connectivity index (χ1v) is 8.95. The van der Waals surface area contributed by atoms with Crippen LogP contribution in [0.2, 0.25) is 0 Å². The number of epoxide rings is 1. The average molecular weight is 376 g/mol. The Morgan fingerprint density at radius 3 is 2.19 bits per heavy atom. The van der Waals surface area contributed by atoms with E-state index in [-0.39, 0.29) is 11.7 Å². The number of carbonyl (C=O) groups is 1. The number of esters is 1. The molecule has 5 heteroatoms. The predicted octanol–water partition coefficient (Wildman–Crippen LogP) is 4.48. The second kappa shape index (κ2) is 10.2. The van der Waals surface area contributed by atoms with E-state index in [0.29, 0.717) is 17.4 Å². The maximum Gasteiger partial charge on any atom is 0.334 e. The van der Waals surface area contributed by atoms with Gasteiger partial charge in [0.2, 0.25) is 0 Å². The fourth-order valence-corrected chi connectivity index (χ4v) is 2.80. The van der Waals surface area contributed by atoms with E-state index in [9.17, 15) is 4.79 Å². The summed E-state index contributed by atoms with van der Waals surface area (Å²) in [5, 5.41) is 0. The second-order valence-corrected chi connectivity index (χ2v) is 6.96. The van der Waals surface area contributed by atoms with Gasteiger partial charge >= 0.3 is 5.97 Å². The van der Waals surface area contributed by atoms with E-state index in [1.165, 1.54) is 33.0 Å². The third-order valence-corrected chi connectivity index (χ3v) is 4.74. The molecule has 0 radical (unpaired) electrons. The van der Waals surface area contributed by atoms with Gasteiger partial charge in [-0.1, -0.05) is 30.7 Å². The zero-order valence-corrected chi connectivity index (χ0v) is 17.5. The highest BCUT2D eigenvalue weighted by Gasteiger charge is 2.50. The highest BCUT2D eigenvalue weighted by molar-refractivity contribution is 5.83. The molecule has 1 heterocycles. The number of carbonyl (C=O) groups excluding carboxylic acids is 1. The Balaban J connectivity index is 2.87. The monoisotopic (exact) mass is 376 g/mol. The Kier molecular flexibility index (Phi) is 8.57. The van der Waals surface area contributed by atoms with Gasteiger partial charge in [-0.25, -0.2) is 4.79 Å². The lowest BCUT2D eigenvalue weighted by molar-refractivity contribution is -0.135. The normalized spacial score (nSPS) is 24.9. The number of ether oxygens (including phenoxy) is 4. The van der Waals surface area contributed by atoms with Crippen molar-refractivity contribution < 1.29 is 23.7 Å². The lowest BCUT2D eigenvalue weighted by Gasteiger charge is -2.15. The van der Waals surface area contributed by atoms with Crippen LogP contribution in [-0.2, 0) is 23.7 Å². The molecule has 0 aromatic carbocycles. The lowest BCUT2D eigenvalue weighted by Crippen LogP contribution is -2.14. The molecule has 0 spiro atoms. The number of hydrogen-bond acceptors (Lipinski definition) is 5. The minimum atomic E-state index is -0.505. The molecule has 5 nitrogen and oxygen atoms in total. The topological polar surface area (TPSA) is 57.3 Å². The van der Waals surface area contributed by atoms with Crippen LogP contribution >= 0.6 is 0 Å². The summed E-state index contributed by atoms with van der Waals surface area (Å²) < 4.78 is 20.9. The van der Waals surface area contributed by atoms with Crippen LogP contribution in [0, 0.1) is 5.92 Å². The van der Waals surface area contributed by atoms with E-state index in [2.05, 4.69) is 38.2 Å². The molecule has 0 N–H and O–H groups in total. The highest BCUT2D eigenvalue weighted by atomic mass is 16.6. The molecule has 0 aliphatic carbocycles. The maximum absolute atomic E-state index is 11.4. The smallest absolute Gasteiger partial charge is 0.334 e. The van der Waals surface area contributed by atoms with Gasteiger partial charge in [0.05, 0.1) is 33.0 Å². The van der Waals surface area contributed by atoms with Crippen LogP contribution in [0.15, 0.2) is 59.6 Å². The van der Waals surface area contributed by atoms with Gasteiger partial charge in [-0.15, -0.1) is 6.58 Å². The van der Waals surface area contributed by atoms with Crippen molar-refractivity contribution in [2.24, 2.45) is 5.92 Å².